The predicted octanol–water partition coefficient (Wildman–Crippen LogP) is 20.8. The Balaban J connectivity index is 4.24. The van der Waals surface area contributed by atoms with Crippen molar-refractivity contribution >= 4 is 17.9 Å². The summed E-state index contributed by atoms with van der Waals surface area (Å²) in [5.41, 5.74) is 0. The van der Waals surface area contributed by atoms with Crippen LogP contribution >= 0.6 is 0 Å². The van der Waals surface area contributed by atoms with Crippen molar-refractivity contribution in [3.8, 4) is 0 Å². The van der Waals surface area contributed by atoms with Crippen molar-refractivity contribution in [3.63, 3.8) is 0 Å². The molecule has 410 valence electrons. The fourth-order valence-electron chi connectivity index (χ4n) is 9.18. The van der Waals surface area contributed by atoms with Crippen molar-refractivity contribution in [2.45, 2.75) is 341 Å². The molecule has 1 atom stereocenters. The first-order valence-electron chi connectivity index (χ1n) is 31.0. The van der Waals surface area contributed by atoms with Gasteiger partial charge in [-0.3, -0.25) is 14.4 Å². The lowest BCUT2D eigenvalue weighted by molar-refractivity contribution is -0.167. The van der Waals surface area contributed by atoms with Crippen LogP contribution in [0.25, 0.3) is 0 Å². The Morgan fingerprint density at radius 3 is 0.857 bits per heavy atom. The lowest BCUT2D eigenvalue weighted by Gasteiger charge is -2.18. The highest BCUT2D eigenvalue weighted by Crippen LogP contribution is 2.17. The summed E-state index contributed by atoms with van der Waals surface area (Å²) < 4.78 is 16.9. The molecule has 0 aliphatic carbocycles. The zero-order valence-electron chi connectivity index (χ0n) is 47.1. The van der Waals surface area contributed by atoms with Crippen molar-refractivity contribution in [1.82, 2.24) is 0 Å². The van der Waals surface area contributed by atoms with Gasteiger partial charge in [-0.25, -0.2) is 0 Å². The third-order valence-corrected chi connectivity index (χ3v) is 13.8. The molecule has 0 spiro atoms. The summed E-state index contributed by atoms with van der Waals surface area (Å²) in [5, 5.41) is 0. The van der Waals surface area contributed by atoms with Gasteiger partial charge in [-0.2, -0.15) is 0 Å². The summed E-state index contributed by atoms with van der Waals surface area (Å²) in [6, 6.07) is 0. The van der Waals surface area contributed by atoms with Gasteiger partial charge in [0.05, 0.1) is 0 Å². The molecule has 0 fully saturated rings. The molecule has 0 bridgehead atoms. The summed E-state index contributed by atoms with van der Waals surface area (Å²) in [7, 11) is 0. The number of rotatable bonds is 57. The van der Waals surface area contributed by atoms with Gasteiger partial charge < -0.3 is 14.2 Å². The fraction of sp³-hybridized carbons (Fsp3) is 0.859. The van der Waals surface area contributed by atoms with E-state index in [1.807, 2.05) is 0 Å². The monoisotopic (exact) mass is 983 g/mol. The fourth-order valence-corrected chi connectivity index (χ4v) is 9.18. The zero-order valence-corrected chi connectivity index (χ0v) is 47.1. The first-order chi connectivity index (χ1) is 34.5. The van der Waals surface area contributed by atoms with Gasteiger partial charge in [0.1, 0.15) is 13.2 Å². The molecule has 0 aromatic rings. The maximum Gasteiger partial charge on any atom is 0.306 e. The number of hydrogen-bond acceptors (Lipinski definition) is 6. The second kappa shape index (κ2) is 59.2. The van der Waals surface area contributed by atoms with E-state index in [0.717, 1.165) is 89.9 Å². The predicted molar refractivity (Wildman–Crippen MR) is 302 cm³/mol. The van der Waals surface area contributed by atoms with Crippen LogP contribution in [-0.4, -0.2) is 37.2 Å². The van der Waals surface area contributed by atoms with Crippen LogP contribution in [0.2, 0.25) is 0 Å². The molecule has 0 aromatic heterocycles. The first kappa shape index (κ1) is 67.6. The van der Waals surface area contributed by atoms with Crippen LogP contribution in [0.15, 0.2) is 36.5 Å². The van der Waals surface area contributed by atoms with E-state index in [2.05, 4.69) is 57.2 Å². The van der Waals surface area contributed by atoms with Crippen LogP contribution in [0, 0.1) is 0 Å². The van der Waals surface area contributed by atoms with E-state index < -0.39 is 6.10 Å². The molecule has 70 heavy (non-hydrogen) atoms. The average molecular weight is 984 g/mol. The highest BCUT2D eigenvalue weighted by atomic mass is 16.6. The van der Waals surface area contributed by atoms with E-state index in [9.17, 15) is 14.4 Å². The van der Waals surface area contributed by atoms with Crippen molar-refractivity contribution in [2.75, 3.05) is 13.2 Å². The molecule has 0 amide bonds. The van der Waals surface area contributed by atoms with Gasteiger partial charge in [-0.05, 0) is 70.6 Å². The summed E-state index contributed by atoms with van der Waals surface area (Å²) in [5.74, 6) is -0.880. The highest BCUT2D eigenvalue weighted by Gasteiger charge is 2.19. The van der Waals surface area contributed by atoms with Crippen LogP contribution in [0.5, 0.6) is 0 Å². The molecule has 0 heterocycles. The topological polar surface area (TPSA) is 78.9 Å². The smallest absolute Gasteiger partial charge is 0.306 e. The van der Waals surface area contributed by atoms with Gasteiger partial charge in [0.15, 0.2) is 6.10 Å². The Morgan fingerprint density at radius 2 is 0.543 bits per heavy atom. The summed E-state index contributed by atoms with van der Waals surface area (Å²) in [4.78, 5) is 38.2. The first-order valence-corrected chi connectivity index (χ1v) is 31.0. The maximum atomic E-state index is 12.9. The SMILES string of the molecule is CCC/C=C\C/C=C\CCCCCCCC(=O)OCC(COC(=O)CCCCCCCCCCCCCCCCCCCCCCCCCC)OC(=O)CCCCCCC/C=C\CCCCCCCC. The minimum absolute atomic E-state index is 0.0763. The third kappa shape index (κ3) is 56.5. The van der Waals surface area contributed by atoms with E-state index in [-0.39, 0.29) is 31.1 Å². The molecule has 0 N–H and O–H groups in total. The molecular weight excluding hydrogens is 865 g/mol. The van der Waals surface area contributed by atoms with E-state index in [0.29, 0.717) is 19.3 Å². The molecule has 0 aliphatic rings. The van der Waals surface area contributed by atoms with Gasteiger partial charge in [0.2, 0.25) is 0 Å². The van der Waals surface area contributed by atoms with E-state index in [1.165, 1.54) is 205 Å². The third-order valence-electron chi connectivity index (χ3n) is 13.8. The van der Waals surface area contributed by atoms with Crippen LogP contribution in [0.3, 0.4) is 0 Å². The van der Waals surface area contributed by atoms with E-state index >= 15 is 0 Å². The maximum absolute atomic E-state index is 12.9. The number of esters is 3. The summed E-state index contributed by atoms with van der Waals surface area (Å²) in [6.45, 7) is 6.60. The molecule has 0 saturated heterocycles. The number of carbonyl (C=O) groups excluding carboxylic acids is 3. The van der Waals surface area contributed by atoms with Crippen molar-refractivity contribution < 1.29 is 28.6 Å². The number of allylic oxidation sites excluding steroid dienone is 6. The largest absolute Gasteiger partial charge is 0.462 e. The summed E-state index contributed by atoms with van der Waals surface area (Å²) >= 11 is 0. The Bertz CT molecular complexity index is 1170. The average Bonchev–Trinajstić information content (AvgIpc) is 3.36. The van der Waals surface area contributed by atoms with Gasteiger partial charge in [-0.1, -0.05) is 282 Å². The van der Waals surface area contributed by atoms with Crippen LogP contribution in [0.4, 0.5) is 0 Å². The quantitative estimate of drug-likeness (QED) is 0.0261. The minimum Gasteiger partial charge on any atom is -0.462 e. The standard InChI is InChI=1S/C64H118O6/c1-4-7-10-13-16-19-22-25-27-28-29-30-31-32-33-34-35-37-39-42-45-48-51-54-57-63(66)69-60-61(59-68-62(65)56-53-50-47-44-41-38-24-21-18-15-12-9-6-3)70-64(67)58-55-52-49-46-43-40-36-26-23-20-17-14-11-8-5-2/h12,15,21,24,26,36,61H,4-11,13-14,16-20,22-23,25,27-35,37-60H2,1-3H3/b15-12-,24-21-,36-26-. The second-order valence-corrected chi connectivity index (χ2v) is 21.0. The molecule has 0 radical (unpaired) electrons. The van der Waals surface area contributed by atoms with Crippen LogP contribution < -0.4 is 0 Å². The lowest BCUT2D eigenvalue weighted by Crippen LogP contribution is -2.30. The van der Waals surface area contributed by atoms with Crippen LogP contribution in [-0.2, 0) is 28.6 Å². The van der Waals surface area contributed by atoms with E-state index in [4.69, 9.17) is 14.2 Å². The number of hydrogen-bond donors (Lipinski definition) is 0. The number of carbonyl (C=O) groups is 3. The Hall–Kier alpha value is -2.37. The minimum atomic E-state index is -0.780. The Kier molecular flexibility index (Phi) is 57.2. The molecule has 0 aliphatic heterocycles. The van der Waals surface area contributed by atoms with Crippen molar-refractivity contribution in [1.29, 1.82) is 0 Å². The van der Waals surface area contributed by atoms with Crippen LogP contribution in [0.1, 0.15) is 335 Å². The molecule has 6 heteroatoms. The normalized spacial score (nSPS) is 12.2. The number of ether oxygens (including phenoxy) is 3. The van der Waals surface area contributed by atoms with Gasteiger partial charge >= 0.3 is 17.9 Å². The van der Waals surface area contributed by atoms with Gasteiger partial charge in [0.25, 0.3) is 0 Å². The van der Waals surface area contributed by atoms with Gasteiger partial charge in [0, 0.05) is 19.3 Å². The molecular formula is C64H118O6. The van der Waals surface area contributed by atoms with Gasteiger partial charge in [-0.15, -0.1) is 0 Å². The number of unbranched alkanes of at least 4 members (excludes halogenated alkanes) is 40. The zero-order chi connectivity index (χ0) is 50.7. The van der Waals surface area contributed by atoms with Crippen molar-refractivity contribution in [2.24, 2.45) is 0 Å². The molecule has 0 saturated carbocycles. The van der Waals surface area contributed by atoms with Crippen molar-refractivity contribution in [3.05, 3.63) is 36.5 Å². The molecule has 6 nitrogen and oxygen atoms in total. The molecule has 0 rings (SSSR count). The summed E-state index contributed by atoms with van der Waals surface area (Å²) in [6.07, 6.45) is 71.5. The Morgan fingerprint density at radius 1 is 0.286 bits per heavy atom. The second-order valence-electron chi connectivity index (χ2n) is 21.0. The molecule has 1 unspecified atom stereocenters. The Labute approximate surface area is 435 Å². The lowest BCUT2D eigenvalue weighted by atomic mass is 10.0. The molecule has 0 aromatic carbocycles. The highest BCUT2D eigenvalue weighted by molar-refractivity contribution is 5.71. The van der Waals surface area contributed by atoms with E-state index in [1.54, 1.807) is 0 Å².